The Morgan fingerprint density at radius 3 is 2.88 bits per heavy atom. The average molecular weight is 342 g/mol. The van der Waals surface area contributed by atoms with Crippen molar-refractivity contribution in [3.05, 3.63) is 29.4 Å². The highest BCUT2D eigenvalue weighted by Crippen LogP contribution is 2.40. The summed E-state index contributed by atoms with van der Waals surface area (Å²) < 4.78 is 5.83. The van der Waals surface area contributed by atoms with Gasteiger partial charge in [0.05, 0.1) is 17.3 Å². The molecule has 0 saturated heterocycles. The van der Waals surface area contributed by atoms with Crippen molar-refractivity contribution in [2.75, 3.05) is 11.1 Å². The number of hydrogen-bond donors (Lipinski definition) is 3. The molecule has 3 heterocycles. The summed E-state index contributed by atoms with van der Waals surface area (Å²) in [6.07, 6.45) is 5.38. The second-order valence-electron chi connectivity index (χ2n) is 5.45. The van der Waals surface area contributed by atoms with E-state index in [4.69, 9.17) is 16.2 Å². The molecule has 0 aliphatic heterocycles. The zero-order chi connectivity index (χ0) is 16.7. The van der Waals surface area contributed by atoms with E-state index in [-0.39, 0.29) is 16.4 Å². The Morgan fingerprint density at radius 2 is 2.21 bits per heavy atom. The minimum absolute atomic E-state index is 0.236. The molecule has 1 fully saturated rings. The molecule has 0 atom stereocenters. The number of fused-ring (bicyclic) bond motifs is 1. The van der Waals surface area contributed by atoms with Crippen LogP contribution in [0.25, 0.3) is 10.2 Å². The minimum atomic E-state index is -0.598. The highest BCUT2D eigenvalue weighted by molar-refractivity contribution is 7.21. The Kier molecular flexibility index (Phi) is 3.42. The van der Waals surface area contributed by atoms with Gasteiger partial charge in [0.15, 0.2) is 0 Å². The molecule has 24 heavy (non-hydrogen) atoms. The van der Waals surface area contributed by atoms with Gasteiger partial charge in [0.1, 0.15) is 15.5 Å². The van der Waals surface area contributed by atoms with Crippen molar-refractivity contribution in [2.45, 2.75) is 18.9 Å². The molecule has 9 heteroatoms. The first kappa shape index (κ1) is 14.6. The van der Waals surface area contributed by atoms with E-state index in [9.17, 15) is 4.79 Å². The molecule has 5 N–H and O–H groups in total. The third kappa shape index (κ3) is 2.69. The van der Waals surface area contributed by atoms with E-state index >= 15 is 0 Å². The third-order valence-corrected chi connectivity index (χ3v) is 4.65. The van der Waals surface area contributed by atoms with Gasteiger partial charge in [-0.25, -0.2) is 4.98 Å². The Balaban J connectivity index is 1.85. The van der Waals surface area contributed by atoms with Gasteiger partial charge in [0.25, 0.3) is 5.91 Å². The van der Waals surface area contributed by atoms with E-state index < -0.39 is 5.91 Å². The van der Waals surface area contributed by atoms with Crippen LogP contribution in [0.3, 0.4) is 0 Å². The number of carbonyl (C=O) groups is 1. The molecular formula is C15H14N6O2S. The summed E-state index contributed by atoms with van der Waals surface area (Å²) in [4.78, 5) is 25.2. The van der Waals surface area contributed by atoms with Crippen LogP contribution < -0.4 is 21.5 Å². The van der Waals surface area contributed by atoms with Crippen molar-refractivity contribution >= 4 is 39.1 Å². The zero-order valence-corrected chi connectivity index (χ0v) is 13.3. The lowest BCUT2D eigenvalue weighted by Gasteiger charge is -2.09. The summed E-state index contributed by atoms with van der Waals surface area (Å²) in [6, 6.07) is 3.89. The van der Waals surface area contributed by atoms with Gasteiger partial charge in [0.2, 0.25) is 11.8 Å². The molecule has 0 spiro atoms. The second kappa shape index (κ2) is 5.60. The molecule has 0 aromatic carbocycles. The molecule has 3 aromatic rings. The molecular weight excluding hydrogens is 328 g/mol. The number of nitrogen functional groups attached to an aromatic ring is 1. The Bertz CT molecular complexity index is 923. The number of nitrogens with zero attached hydrogens (tertiary/aromatic N) is 3. The molecule has 0 radical (unpaired) electrons. The van der Waals surface area contributed by atoms with Crippen molar-refractivity contribution < 1.29 is 9.53 Å². The lowest BCUT2D eigenvalue weighted by Crippen LogP contribution is -2.10. The predicted molar refractivity (Wildman–Crippen MR) is 91.3 cm³/mol. The number of aromatic nitrogens is 3. The number of nitrogens with two attached hydrogens (primary N) is 2. The summed E-state index contributed by atoms with van der Waals surface area (Å²) in [7, 11) is 0. The molecule has 0 unspecified atom stereocenters. The van der Waals surface area contributed by atoms with Crippen LogP contribution in [0.15, 0.2) is 24.5 Å². The SMILES string of the molecule is NC(=O)c1sc2nc(NC3CC3)nc(Oc3cccnc3)c2c1N. The summed E-state index contributed by atoms with van der Waals surface area (Å²) in [5.41, 5.74) is 11.7. The number of hydrogen-bond acceptors (Lipinski definition) is 8. The van der Waals surface area contributed by atoms with Crippen molar-refractivity contribution in [1.82, 2.24) is 15.0 Å². The highest BCUT2D eigenvalue weighted by Gasteiger charge is 2.25. The number of anilines is 2. The molecule has 1 saturated carbocycles. The minimum Gasteiger partial charge on any atom is -0.436 e. The fourth-order valence-electron chi connectivity index (χ4n) is 2.24. The number of thiophene rings is 1. The van der Waals surface area contributed by atoms with Crippen LogP contribution in [0.5, 0.6) is 11.6 Å². The van der Waals surface area contributed by atoms with Gasteiger partial charge in [-0.15, -0.1) is 11.3 Å². The van der Waals surface area contributed by atoms with Crippen LogP contribution in [0.4, 0.5) is 11.6 Å². The van der Waals surface area contributed by atoms with Crippen LogP contribution in [0.1, 0.15) is 22.5 Å². The second-order valence-corrected chi connectivity index (χ2v) is 6.45. The standard InChI is InChI=1S/C15H14N6O2S/c16-10-9-13(23-8-2-1-5-18-6-8)20-15(19-7-3-4-7)21-14(9)24-11(10)12(17)22/h1-2,5-7H,3-4,16H2,(H2,17,22)(H,19,20,21). The van der Waals surface area contributed by atoms with Crippen LogP contribution in [0.2, 0.25) is 0 Å². The average Bonchev–Trinajstić information content (AvgIpc) is 3.30. The van der Waals surface area contributed by atoms with Crippen molar-refractivity contribution in [3.63, 3.8) is 0 Å². The summed E-state index contributed by atoms with van der Waals surface area (Å²) >= 11 is 1.13. The number of nitrogens with one attached hydrogen (secondary N) is 1. The molecule has 1 aliphatic rings. The van der Waals surface area contributed by atoms with Crippen LogP contribution in [0, 0.1) is 0 Å². The molecule has 122 valence electrons. The first-order valence-electron chi connectivity index (χ1n) is 7.36. The summed E-state index contributed by atoms with van der Waals surface area (Å²) in [5, 5.41) is 3.71. The fourth-order valence-corrected chi connectivity index (χ4v) is 3.18. The maximum Gasteiger partial charge on any atom is 0.260 e. The summed E-state index contributed by atoms with van der Waals surface area (Å²) in [5.74, 6) is 0.638. The Morgan fingerprint density at radius 1 is 1.38 bits per heavy atom. The molecule has 0 bridgehead atoms. The van der Waals surface area contributed by atoms with Crippen molar-refractivity contribution in [3.8, 4) is 11.6 Å². The monoisotopic (exact) mass is 342 g/mol. The molecule has 4 rings (SSSR count). The number of carbonyl (C=O) groups excluding carboxylic acids is 1. The van der Waals surface area contributed by atoms with E-state index in [1.165, 1.54) is 0 Å². The fraction of sp³-hybridized carbons (Fsp3) is 0.200. The van der Waals surface area contributed by atoms with Crippen LogP contribution in [-0.4, -0.2) is 26.9 Å². The maximum atomic E-state index is 11.6. The van der Waals surface area contributed by atoms with Gasteiger partial charge >= 0.3 is 0 Å². The lowest BCUT2D eigenvalue weighted by molar-refractivity contribution is 0.100. The number of ether oxygens (including phenoxy) is 1. The smallest absolute Gasteiger partial charge is 0.260 e. The van der Waals surface area contributed by atoms with E-state index in [1.54, 1.807) is 24.5 Å². The van der Waals surface area contributed by atoms with Gasteiger partial charge in [-0.2, -0.15) is 4.98 Å². The molecule has 1 amide bonds. The number of pyridine rings is 1. The molecule has 1 aliphatic carbocycles. The zero-order valence-electron chi connectivity index (χ0n) is 12.5. The third-order valence-electron chi connectivity index (χ3n) is 3.54. The van der Waals surface area contributed by atoms with Crippen LogP contribution >= 0.6 is 11.3 Å². The van der Waals surface area contributed by atoms with Gasteiger partial charge in [-0.3, -0.25) is 9.78 Å². The van der Waals surface area contributed by atoms with E-state index in [0.717, 1.165) is 24.2 Å². The number of amides is 1. The highest BCUT2D eigenvalue weighted by atomic mass is 32.1. The number of primary amides is 1. The van der Waals surface area contributed by atoms with E-state index in [2.05, 4.69) is 20.3 Å². The lowest BCUT2D eigenvalue weighted by atomic mass is 10.3. The first-order chi connectivity index (χ1) is 11.6. The van der Waals surface area contributed by atoms with Gasteiger partial charge in [-0.05, 0) is 25.0 Å². The Labute approximate surface area is 140 Å². The van der Waals surface area contributed by atoms with E-state index in [0.29, 0.717) is 28.0 Å². The topological polar surface area (TPSA) is 129 Å². The number of rotatable bonds is 5. The molecule has 3 aromatic heterocycles. The quantitative estimate of drug-likeness (QED) is 0.647. The van der Waals surface area contributed by atoms with Crippen molar-refractivity contribution in [2.24, 2.45) is 5.73 Å². The summed E-state index contributed by atoms with van der Waals surface area (Å²) in [6.45, 7) is 0. The van der Waals surface area contributed by atoms with Gasteiger partial charge in [-0.1, -0.05) is 0 Å². The normalized spacial score (nSPS) is 13.8. The van der Waals surface area contributed by atoms with Gasteiger partial charge < -0.3 is 21.5 Å². The molecule has 8 nitrogen and oxygen atoms in total. The largest absolute Gasteiger partial charge is 0.436 e. The van der Waals surface area contributed by atoms with Crippen LogP contribution in [-0.2, 0) is 0 Å². The van der Waals surface area contributed by atoms with E-state index in [1.807, 2.05) is 0 Å². The predicted octanol–water partition coefficient (Wildman–Crippen LogP) is 2.13. The van der Waals surface area contributed by atoms with Crippen molar-refractivity contribution in [1.29, 1.82) is 0 Å². The first-order valence-corrected chi connectivity index (χ1v) is 8.17. The maximum absolute atomic E-state index is 11.6. The van der Waals surface area contributed by atoms with Gasteiger partial charge in [0, 0.05) is 12.2 Å². The Hall–Kier alpha value is -2.94.